The van der Waals surface area contributed by atoms with Crippen LogP contribution in [0, 0.1) is 18.3 Å². The van der Waals surface area contributed by atoms with Crippen molar-refractivity contribution in [2.75, 3.05) is 0 Å². The quantitative estimate of drug-likeness (QED) is 0.870. The van der Waals surface area contributed by atoms with Crippen molar-refractivity contribution in [2.24, 2.45) is 5.73 Å². The summed E-state index contributed by atoms with van der Waals surface area (Å²) in [6.45, 7) is 1.96. The molecule has 18 heavy (non-hydrogen) atoms. The summed E-state index contributed by atoms with van der Waals surface area (Å²) >= 11 is 0. The predicted octanol–water partition coefficient (Wildman–Crippen LogP) is 2.63. The Hall–Kier alpha value is -2.60. The number of nitrogens with zero attached hydrogens (tertiary/aromatic N) is 1. The monoisotopic (exact) mass is 236 g/mol. The standard InChI is InChI=1S/C15H12N2O/c1-10-2-7-13(15(17)18)14(8-10)12-5-3-11(9-16)4-6-12/h2-8H,1H3,(H2,17,18). The van der Waals surface area contributed by atoms with Gasteiger partial charge in [0.1, 0.15) is 0 Å². The molecular weight excluding hydrogens is 224 g/mol. The molecule has 3 nitrogen and oxygen atoms in total. The summed E-state index contributed by atoms with van der Waals surface area (Å²) in [5.41, 5.74) is 9.18. The van der Waals surface area contributed by atoms with E-state index < -0.39 is 5.91 Å². The number of rotatable bonds is 2. The molecule has 0 fully saturated rings. The van der Waals surface area contributed by atoms with E-state index in [0.29, 0.717) is 11.1 Å². The fraction of sp³-hybridized carbons (Fsp3) is 0.0667. The number of hydrogen-bond donors (Lipinski definition) is 1. The van der Waals surface area contributed by atoms with Gasteiger partial charge in [0.2, 0.25) is 5.91 Å². The Morgan fingerprint density at radius 3 is 2.39 bits per heavy atom. The van der Waals surface area contributed by atoms with Crippen LogP contribution in [0.4, 0.5) is 0 Å². The first kappa shape index (κ1) is 11.9. The highest BCUT2D eigenvalue weighted by Crippen LogP contribution is 2.25. The van der Waals surface area contributed by atoms with E-state index in [2.05, 4.69) is 6.07 Å². The van der Waals surface area contributed by atoms with E-state index in [4.69, 9.17) is 11.0 Å². The van der Waals surface area contributed by atoms with Crippen molar-refractivity contribution in [3.8, 4) is 17.2 Å². The van der Waals surface area contributed by atoms with Crippen LogP contribution >= 0.6 is 0 Å². The molecule has 0 radical (unpaired) electrons. The molecule has 2 N–H and O–H groups in total. The molecule has 0 aromatic heterocycles. The number of primary amides is 1. The molecule has 0 saturated carbocycles. The molecule has 2 rings (SSSR count). The smallest absolute Gasteiger partial charge is 0.249 e. The molecule has 88 valence electrons. The maximum absolute atomic E-state index is 11.4. The van der Waals surface area contributed by atoms with Crippen molar-refractivity contribution in [3.05, 3.63) is 59.2 Å². The van der Waals surface area contributed by atoms with E-state index in [1.807, 2.05) is 31.2 Å². The summed E-state index contributed by atoms with van der Waals surface area (Å²) < 4.78 is 0. The molecule has 2 aromatic carbocycles. The molecular formula is C15H12N2O. The lowest BCUT2D eigenvalue weighted by molar-refractivity contribution is 0.100. The Morgan fingerprint density at radius 2 is 1.83 bits per heavy atom. The summed E-state index contributed by atoms with van der Waals surface area (Å²) in [5, 5.41) is 8.76. The van der Waals surface area contributed by atoms with Gasteiger partial charge >= 0.3 is 0 Å². The van der Waals surface area contributed by atoms with Gasteiger partial charge in [0.25, 0.3) is 0 Å². The molecule has 3 heteroatoms. The number of hydrogen-bond acceptors (Lipinski definition) is 2. The van der Waals surface area contributed by atoms with E-state index in [1.165, 1.54) is 0 Å². The maximum Gasteiger partial charge on any atom is 0.249 e. The second-order valence-electron chi connectivity index (χ2n) is 4.10. The Balaban J connectivity index is 2.58. The molecule has 0 aliphatic heterocycles. The Kier molecular flexibility index (Phi) is 3.11. The number of aryl methyl sites for hydroxylation is 1. The van der Waals surface area contributed by atoms with Gasteiger partial charge < -0.3 is 5.73 Å². The molecule has 1 amide bonds. The first-order chi connectivity index (χ1) is 8.61. The Bertz CT molecular complexity index is 637. The third-order valence-corrected chi connectivity index (χ3v) is 2.77. The van der Waals surface area contributed by atoms with Gasteiger partial charge in [0.15, 0.2) is 0 Å². The second-order valence-corrected chi connectivity index (χ2v) is 4.10. The molecule has 0 saturated heterocycles. The lowest BCUT2D eigenvalue weighted by Gasteiger charge is -2.08. The number of amides is 1. The Labute approximate surface area is 105 Å². The number of nitrogens with two attached hydrogens (primary N) is 1. The number of carbonyl (C=O) groups is 1. The highest BCUT2D eigenvalue weighted by molar-refractivity contribution is 6.00. The highest BCUT2D eigenvalue weighted by Gasteiger charge is 2.10. The SMILES string of the molecule is Cc1ccc(C(N)=O)c(-c2ccc(C#N)cc2)c1. The second kappa shape index (κ2) is 4.72. The molecule has 0 aliphatic rings. The average molecular weight is 236 g/mol. The highest BCUT2D eigenvalue weighted by atomic mass is 16.1. The molecule has 0 atom stereocenters. The van der Waals surface area contributed by atoms with Crippen LogP contribution in [-0.4, -0.2) is 5.91 Å². The molecule has 0 bridgehead atoms. The van der Waals surface area contributed by atoms with E-state index >= 15 is 0 Å². The minimum absolute atomic E-state index is 0.450. The zero-order valence-electron chi connectivity index (χ0n) is 9.97. The number of benzene rings is 2. The normalized spacial score (nSPS) is 9.78. The van der Waals surface area contributed by atoms with E-state index in [-0.39, 0.29) is 0 Å². The van der Waals surface area contributed by atoms with E-state index in [0.717, 1.165) is 16.7 Å². The van der Waals surface area contributed by atoms with Crippen LogP contribution in [0.3, 0.4) is 0 Å². The van der Waals surface area contributed by atoms with E-state index in [9.17, 15) is 4.79 Å². The first-order valence-electron chi connectivity index (χ1n) is 5.53. The topological polar surface area (TPSA) is 66.9 Å². The van der Waals surface area contributed by atoms with Crippen LogP contribution in [0.25, 0.3) is 11.1 Å². The van der Waals surface area contributed by atoms with Crippen LogP contribution in [0.1, 0.15) is 21.5 Å². The Morgan fingerprint density at radius 1 is 1.17 bits per heavy atom. The minimum Gasteiger partial charge on any atom is -0.366 e. The zero-order chi connectivity index (χ0) is 13.1. The fourth-order valence-corrected chi connectivity index (χ4v) is 1.84. The van der Waals surface area contributed by atoms with Gasteiger partial charge in [-0.05, 0) is 36.2 Å². The number of carbonyl (C=O) groups excluding carboxylic acids is 1. The average Bonchev–Trinajstić information content (AvgIpc) is 2.38. The van der Waals surface area contributed by atoms with Gasteiger partial charge in [-0.3, -0.25) is 4.79 Å². The third kappa shape index (κ3) is 2.23. The molecule has 0 aliphatic carbocycles. The summed E-state index contributed by atoms with van der Waals surface area (Å²) in [4.78, 5) is 11.4. The van der Waals surface area contributed by atoms with Crippen molar-refractivity contribution >= 4 is 5.91 Å². The largest absolute Gasteiger partial charge is 0.366 e. The molecule has 0 heterocycles. The van der Waals surface area contributed by atoms with Crippen molar-refractivity contribution in [3.63, 3.8) is 0 Å². The number of nitriles is 1. The third-order valence-electron chi connectivity index (χ3n) is 2.77. The van der Waals surface area contributed by atoms with Gasteiger partial charge in [-0.2, -0.15) is 5.26 Å². The fourth-order valence-electron chi connectivity index (χ4n) is 1.84. The van der Waals surface area contributed by atoms with Crippen LogP contribution in [0.5, 0.6) is 0 Å². The lowest BCUT2D eigenvalue weighted by atomic mass is 9.96. The zero-order valence-corrected chi connectivity index (χ0v) is 9.97. The summed E-state index contributed by atoms with van der Waals surface area (Å²) in [7, 11) is 0. The van der Waals surface area contributed by atoms with Gasteiger partial charge in [0, 0.05) is 5.56 Å². The predicted molar refractivity (Wildman–Crippen MR) is 69.8 cm³/mol. The van der Waals surface area contributed by atoms with E-state index in [1.54, 1.807) is 18.2 Å². The van der Waals surface area contributed by atoms with Crippen molar-refractivity contribution in [1.82, 2.24) is 0 Å². The molecule has 0 unspecified atom stereocenters. The lowest BCUT2D eigenvalue weighted by Crippen LogP contribution is -2.12. The van der Waals surface area contributed by atoms with Crippen LogP contribution in [0.15, 0.2) is 42.5 Å². The maximum atomic E-state index is 11.4. The minimum atomic E-state index is -0.450. The summed E-state index contributed by atoms with van der Waals surface area (Å²) in [5.74, 6) is -0.450. The molecule has 0 spiro atoms. The molecule has 2 aromatic rings. The summed E-state index contributed by atoms with van der Waals surface area (Å²) in [6, 6.07) is 14.7. The van der Waals surface area contributed by atoms with Crippen molar-refractivity contribution in [1.29, 1.82) is 5.26 Å². The van der Waals surface area contributed by atoms with Gasteiger partial charge in [-0.25, -0.2) is 0 Å². The van der Waals surface area contributed by atoms with Crippen LogP contribution in [0.2, 0.25) is 0 Å². The summed E-state index contributed by atoms with van der Waals surface area (Å²) in [6.07, 6.45) is 0. The van der Waals surface area contributed by atoms with Gasteiger partial charge in [0.05, 0.1) is 11.6 Å². The van der Waals surface area contributed by atoms with Gasteiger partial charge in [-0.1, -0.05) is 29.8 Å². The van der Waals surface area contributed by atoms with Crippen molar-refractivity contribution < 1.29 is 4.79 Å². The van der Waals surface area contributed by atoms with Gasteiger partial charge in [-0.15, -0.1) is 0 Å². The van der Waals surface area contributed by atoms with Crippen LogP contribution < -0.4 is 5.73 Å². The first-order valence-corrected chi connectivity index (χ1v) is 5.53. The van der Waals surface area contributed by atoms with Crippen molar-refractivity contribution in [2.45, 2.75) is 6.92 Å². The van der Waals surface area contributed by atoms with Crippen LogP contribution in [-0.2, 0) is 0 Å².